The number of methoxy groups -OCH3 is 1. The van der Waals surface area contributed by atoms with Crippen LogP contribution in [0.4, 0.5) is 15.3 Å². The van der Waals surface area contributed by atoms with Gasteiger partial charge in [0, 0.05) is 18.2 Å². The first-order valence-electron chi connectivity index (χ1n) is 15.1. The first-order valence-corrected chi connectivity index (χ1v) is 15.1. The Bertz CT molecular complexity index is 1350. The van der Waals surface area contributed by atoms with E-state index in [1.807, 2.05) is 44.2 Å². The molecule has 4 amide bonds. The quantitative estimate of drug-likeness (QED) is 0.222. The Morgan fingerprint density at radius 3 is 1.93 bits per heavy atom. The lowest BCUT2D eigenvalue weighted by Crippen LogP contribution is -2.54. The van der Waals surface area contributed by atoms with Crippen LogP contribution in [0.25, 0.3) is 0 Å². The molecule has 12 heteroatoms. The molecule has 0 heterocycles. The molecule has 0 saturated carbocycles. The summed E-state index contributed by atoms with van der Waals surface area (Å²) in [6.45, 7) is 13.9. The lowest BCUT2D eigenvalue weighted by molar-refractivity contribution is -0.148. The fourth-order valence-electron chi connectivity index (χ4n) is 4.70. The maximum absolute atomic E-state index is 13.0. The lowest BCUT2D eigenvalue weighted by atomic mass is 9.77. The van der Waals surface area contributed by atoms with Gasteiger partial charge in [0.15, 0.2) is 0 Å². The molecule has 2 aromatic carbocycles. The largest absolute Gasteiger partial charge is 0.467 e. The van der Waals surface area contributed by atoms with E-state index in [1.54, 1.807) is 58.9 Å². The van der Waals surface area contributed by atoms with E-state index in [1.165, 1.54) is 26.0 Å². The predicted molar refractivity (Wildman–Crippen MR) is 174 cm³/mol. The van der Waals surface area contributed by atoms with Crippen molar-refractivity contribution in [3.8, 4) is 0 Å². The number of hydrogen-bond donors (Lipinski definition) is 3. The lowest BCUT2D eigenvalue weighted by Gasteiger charge is -2.38. The molecule has 0 aliphatic rings. The summed E-state index contributed by atoms with van der Waals surface area (Å²) < 4.78 is 15.8. The third kappa shape index (κ3) is 10.8. The second-order valence-corrected chi connectivity index (χ2v) is 13.0. The molecule has 46 heavy (non-hydrogen) atoms. The maximum Gasteiger partial charge on any atom is 0.410 e. The summed E-state index contributed by atoms with van der Waals surface area (Å²) in [5, 5.41) is 7.92. The number of likely N-dealkylation sites (N-methyl/N-ethyl adjacent to an activating group) is 1. The molecule has 0 bridgehead atoms. The summed E-state index contributed by atoms with van der Waals surface area (Å²) in [7, 11) is 2.76. The average Bonchev–Trinajstić information content (AvgIpc) is 2.98. The summed E-state index contributed by atoms with van der Waals surface area (Å²) >= 11 is 0. The number of rotatable bonds is 12. The minimum Gasteiger partial charge on any atom is -0.467 e. The highest BCUT2D eigenvalue weighted by molar-refractivity contribution is 5.98. The van der Waals surface area contributed by atoms with Crippen LogP contribution in [0.1, 0.15) is 66.5 Å². The van der Waals surface area contributed by atoms with Gasteiger partial charge >= 0.3 is 18.2 Å². The van der Waals surface area contributed by atoms with Gasteiger partial charge in [-0.25, -0.2) is 14.4 Å². The van der Waals surface area contributed by atoms with Crippen LogP contribution in [0.15, 0.2) is 54.6 Å². The van der Waals surface area contributed by atoms with Gasteiger partial charge in [-0.05, 0) is 56.9 Å². The van der Waals surface area contributed by atoms with Crippen molar-refractivity contribution in [1.29, 1.82) is 0 Å². The molecule has 3 N–H and O–H groups in total. The summed E-state index contributed by atoms with van der Waals surface area (Å²) in [6, 6.07) is 13.2. The molecular formula is C34H48N4O8. The van der Waals surface area contributed by atoms with Gasteiger partial charge in [-0.15, -0.1) is 0 Å². The molecule has 12 nitrogen and oxygen atoms in total. The number of benzene rings is 2. The summed E-state index contributed by atoms with van der Waals surface area (Å²) in [6.07, 6.45) is -1.43. The van der Waals surface area contributed by atoms with Crippen molar-refractivity contribution < 1.29 is 38.2 Å². The fourth-order valence-corrected chi connectivity index (χ4v) is 4.70. The van der Waals surface area contributed by atoms with Gasteiger partial charge in [0.2, 0.25) is 11.8 Å². The third-order valence-electron chi connectivity index (χ3n) is 7.26. The summed E-state index contributed by atoms with van der Waals surface area (Å²) in [5.74, 6) is -1.82. The van der Waals surface area contributed by atoms with E-state index in [9.17, 15) is 24.0 Å². The van der Waals surface area contributed by atoms with E-state index in [0.717, 1.165) is 5.56 Å². The second-order valence-electron chi connectivity index (χ2n) is 13.0. The zero-order valence-corrected chi connectivity index (χ0v) is 28.4. The molecule has 0 aromatic heterocycles. The number of carbonyl (C=O) groups is 5. The van der Waals surface area contributed by atoms with Gasteiger partial charge in [0.25, 0.3) is 0 Å². The Labute approximate surface area is 271 Å². The van der Waals surface area contributed by atoms with E-state index in [-0.39, 0.29) is 12.5 Å². The van der Waals surface area contributed by atoms with Crippen molar-refractivity contribution in [2.24, 2.45) is 5.92 Å². The van der Waals surface area contributed by atoms with Crippen molar-refractivity contribution in [3.05, 3.63) is 65.7 Å². The Morgan fingerprint density at radius 1 is 0.826 bits per heavy atom. The number of amides is 4. The second kappa shape index (κ2) is 16.1. The fraction of sp³-hybridized carbons (Fsp3) is 0.500. The molecule has 252 valence electrons. The van der Waals surface area contributed by atoms with Crippen molar-refractivity contribution in [1.82, 2.24) is 15.5 Å². The number of ether oxygens (including phenoxy) is 3. The molecule has 2 rings (SSSR count). The molecule has 0 saturated heterocycles. The highest BCUT2D eigenvalue weighted by Gasteiger charge is 2.43. The summed E-state index contributed by atoms with van der Waals surface area (Å²) in [4.78, 5) is 64.9. The normalized spacial score (nSPS) is 13.5. The molecule has 0 aliphatic heterocycles. The molecule has 0 spiro atoms. The number of alkyl carbamates (subject to hydrolysis) is 1. The number of hydrogen-bond acceptors (Lipinski definition) is 8. The topological polar surface area (TPSA) is 152 Å². The third-order valence-corrected chi connectivity index (χ3v) is 7.26. The van der Waals surface area contributed by atoms with Gasteiger partial charge in [-0.2, -0.15) is 0 Å². The van der Waals surface area contributed by atoms with Crippen LogP contribution in [0.3, 0.4) is 0 Å². The zero-order valence-electron chi connectivity index (χ0n) is 28.4. The average molecular weight is 641 g/mol. The van der Waals surface area contributed by atoms with Crippen LogP contribution in [0.2, 0.25) is 0 Å². The van der Waals surface area contributed by atoms with E-state index >= 15 is 0 Å². The molecule has 3 atom stereocenters. The first-order chi connectivity index (χ1) is 21.4. The Morgan fingerprint density at radius 2 is 1.41 bits per heavy atom. The van der Waals surface area contributed by atoms with E-state index in [0.29, 0.717) is 11.3 Å². The highest BCUT2D eigenvalue weighted by Crippen LogP contribution is 2.31. The van der Waals surface area contributed by atoms with Crippen molar-refractivity contribution in [2.75, 3.05) is 19.5 Å². The molecule has 1 unspecified atom stereocenters. The van der Waals surface area contributed by atoms with Gasteiger partial charge in [0.1, 0.15) is 30.3 Å². The monoisotopic (exact) mass is 640 g/mol. The minimum absolute atomic E-state index is 0.0786. The van der Waals surface area contributed by atoms with E-state index in [2.05, 4.69) is 16.0 Å². The van der Waals surface area contributed by atoms with Crippen LogP contribution in [0.5, 0.6) is 0 Å². The molecular weight excluding hydrogens is 592 g/mol. The maximum atomic E-state index is 13.0. The minimum atomic E-state index is -0.948. The Hall–Kier alpha value is -4.61. The predicted octanol–water partition coefficient (Wildman–Crippen LogP) is 4.77. The zero-order chi connectivity index (χ0) is 34.8. The van der Waals surface area contributed by atoms with Crippen molar-refractivity contribution >= 4 is 35.7 Å². The molecule has 0 radical (unpaired) electrons. The molecule has 0 aliphatic carbocycles. The Kier molecular flexibility index (Phi) is 13.2. The van der Waals surface area contributed by atoms with Crippen molar-refractivity contribution in [2.45, 2.75) is 91.1 Å². The number of nitrogens with one attached hydrogen (secondary N) is 3. The van der Waals surface area contributed by atoms with Crippen molar-refractivity contribution in [3.63, 3.8) is 0 Å². The van der Waals surface area contributed by atoms with Crippen LogP contribution in [-0.4, -0.2) is 72.8 Å². The first kappa shape index (κ1) is 37.6. The van der Waals surface area contributed by atoms with E-state index in [4.69, 9.17) is 14.2 Å². The van der Waals surface area contributed by atoms with E-state index < -0.39 is 59.1 Å². The number of anilines is 1. The highest BCUT2D eigenvalue weighted by atomic mass is 16.6. The smallest absolute Gasteiger partial charge is 0.410 e. The summed E-state index contributed by atoms with van der Waals surface area (Å²) in [5.41, 5.74) is 0.458. The number of nitrogens with zero attached hydrogens (tertiary/aromatic N) is 1. The number of carbonyl (C=O) groups excluding carboxylic acids is 5. The Balaban J connectivity index is 1.98. The van der Waals surface area contributed by atoms with Gasteiger partial charge in [-0.3, -0.25) is 14.5 Å². The molecule has 2 aromatic rings. The van der Waals surface area contributed by atoms with Crippen LogP contribution in [0, 0.1) is 5.92 Å². The molecule has 0 fully saturated rings. The van der Waals surface area contributed by atoms with Gasteiger partial charge in [-0.1, -0.05) is 70.2 Å². The van der Waals surface area contributed by atoms with Crippen LogP contribution >= 0.6 is 0 Å². The standard InChI is InChI=1S/C34H48N4O8/c1-21(2)26(37-31(42)46-33(4,5)6)29(40)35-22(3)28(39)36-25-18-16-23(17-19-25)20-45-32(43)38(9)27(30(41)44-10)34(7,8)24-14-12-11-13-15-24/h11-19,21-22,26-27H,20H2,1-10H3,(H,35,40)(H,36,39)(H,37,42)/t22-,26?,27+/m0/s1. The van der Waals surface area contributed by atoms with Crippen LogP contribution < -0.4 is 16.0 Å². The number of esters is 1. The van der Waals surface area contributed by atoms with Gasteiger partial charge < -0.3 is 30.2 Å². The SMILES string of the molecule is COC(=O)[C@@H](N(C)C(=O)OCc1ccc(NC(=O)[C@H](C)NC(=O)C(NC(=O)OC(C)(C)C)C(C)C)cc1)C(C)(C)c1ccccc1. The van der Waals surface area contributed by atoms with Gasteiger partial charge in [0.05, 0.1) is 7.11 Å². The van der Waals surface area contributed by atoms with Crippen LogP contribution in [-0.2, 0) is 40.6 Å².